The molecule has 1 aromatic carbocycles. The maximum atomic E-state index is 12.5. The van der Waals surface area contributed by atoms with Crippen molar-refractivity contribution in [3.05, 3.63) is 60.2 Å². The highest BCUT2D eigenvalue weighted by Crippen LogP contribution is 2.17. The Labute approximate surface area is 143 Å². The smallest absolute Gasteiger partial charge is 0.274 e. The van der Waals surface area contributed by atoms with Crippen LogP contribution in [0.1, 0.15) is 28.9 Å². The summed E-state index contributed by atoms with van der Waals surface area (Å²) in [5, 5.41) is 0. The summed E-state index contributed by atoms with van der Waals surface area (Å²) >= 11 is 0. The number of hydrogen-bond donors (Lipinski definition) is 0. The van der Waals surface area contributed by atoms with Crippen LogP contribution >= 0.6 is 0 Å². The molecule has 1 aliphatic heterocycles. The van der Waals surface area contributed by atoms with E-state index in [0.29, 0.717) is 5.69 Å². The number of benzene rings is 1. The van der Waals surface area contributed by atoms with Gasteiger partial charge in [0, 0.05) is 38.6 Å². The molecule has 126 valence electrons. The average molecular weight is 324 g/mol. The molecular weight excluding hydrogens is 300 g/mol. The molecule has 0 aliphatic carbocycles. The minimum absolute atomic E-state index is 0.0435. The van der Waals surface area contributed by atoms with E-state index in [2.05, 4.69) is 39.1 Å². The van der Waals surface area contributed by atoms with Gasteiger partial charge in [0.1, 0.15) is 5.69 Å². The Morgan fingerprint density at radius 1 is 1.29 bits per heavy atom. The van der Waals surface area contributed by atoms with Crippen LogP contribution in [-0.4, -0.2) is 58.4 Å². The highest BCUT2D eigenvalue weighted by atomic mass is 16.2. The van der Waals surface area contributed by atoms with Gasteiger partial charge in [0.25, 0.3) is 5.91 Å². The van der Waals surface area contributed by atoms with Crippen molar-refractivity contribution in [2.24, 2.45) is 0 Å². The minimum atomic E-state index is -0.0435. The first-order chi connectivity index (χ1) is 11.7. The number of nitrogens with zero attached hydrogens (tertiary/aromatic N) is 4. The normalized spacial score (nSPS) is 18.3. The van der Waals surface area contributed by atoms with Crippen LogP contribution in [0.4, 0.5) is 0 Å². The maximum Gasteiger partial charge on any atom is 0.274 e. The molecule has 3 rings (SSSR count). The molecule has 1 atom stereocenters. The van der Waals surface area contributed by atoms with Crippen molar-refractivity contribution in [1.82, 2.24) is 19.8 Å². The van der Waals surface area contributed by atoms with Crippen LogP contribution < -0.4 is 0 Å². The minimum Gasteiger partial charge on any atom is -0.336 e. The Morgan fingerprint density at radius 3 is 2.88 bits per heavy atom. The molecule has 5 nitrogen and oxygen atoms in total. The molecule has 0 N–H and O–H groups in total. The molecule has 1 amide bonds. The van der Waals surface area contributed by atoms with Gasteiger partial charge in [-0.15, -0.1) is 0 Å². The standard InChI is InChI=1S/C19H24N4O/c1-22(19(24)18-14-20-10-11-21-18)17-8-5-12-23(15-17)13-9-16-6-3-2-4-7-16/h2-4,6-7,10-11,14,17H,5,8-9,12-13,15H2,1H3. The first-order valence-corrected chi connectivity index (χ1v) is 8.53. The Bertz CT molecular complexity index is 647. The van der Waals surface area contributed by atoms with Crippen LogP contribution in [0.15, 0.2) is 48.9 Å². The van der Waals surface area contributed by atoms with E-state index in [9.17, 15) is 4.79 Å². The van der Waals surface area contributed by atoms with Crippen molar-refractivity contribution in [1.29, 1.82) is 0 Å². The summed E-state index contributed by atoms with van der Waals surface area (Å²) in [7, 11) is 1.88. The first-order valence-electron chi connectivity index (χ1n) is 8.53. The third-order valence-corrected chi connectivity index (χ3v) is 4.69. The molecule has 1 unspecified atom stereocenters. The van der Waals surface area contributed by atoms with Gasteiger partial charge in [0.05, 0.1) is 6.20 Å². The average Bonchev–Trinajstić information content (AvgIpc) is 2.67. The number of hydrogen-bond acceptors (Lipinski definition) is 4. The number of aromatic nitrogens is 2. The number of likely N-dealkylation sites (N-methyl/N-ethyl adjacent to an activating group) is 1. The van der Waals surface area contributed by atoms with E-state index in [1.54, 1.807) is 12.4 Å². The number of amides is 1. The lowest BCUT2D eigenvalue weighted by molar-refractivity contribution is 0.0613. The van der Waals surface area contributed by atoms with Gasteiger partial charge in [0.15, 0.2) is 0 Å². The van der Waals surface area contributed by atoms with Crippen molar-refractivity contribution in [3.63, 3.8) is 0 Å². The van der Waals surface area contributed by atoms with E-state index >= 15 is 0 Å². The second-order valence-electron chi connectivity index (χ2n) is 6.34. The lowest BCUT2D eigenvalue weighted by Crippen LogP contribution is -2.49. The number of piperidine rings is 1. The molecule has 0 spiro atoms. The predicted molar refractivity (Wildman–Crippen MR) is 93.7 cm³/mol. The third kappa shape index (κ3) is 4.17. The fourth-order valence-electron chi connectivity index (χ4n) is 3.24. The van der Waals surface area contributed by atoms with E-state index < -0.39 is 0 Å². The Balaban J connectivity index is 1.56. The molecule has 1 aromatic heterocycles. The summed E-state index contributed by atoms with van der Waals surface area (Å²) in [6.45, 7) is 3.07. The van der Waals surface area contributed by atoms with Gasteiger partial charge in [-0.05, 0) is 31.4 Å². The van der Waals surface area contributed by atoms with Gasteiger partial charge < -0.3 is 9.80 Å². The third-order valence-electron chi connectivity index (χ3n) is 4.69. The fourth-order valence-corrected chi connectivity index (χ4v) is 3.24. The van der Waals surface area contributed by atoms with Gasteiger partial charge in [0.2, 0.25) is 0 Å². The van der Waals surface area contributed by atoms with Crippen LogP contribution in [0.25, 0.3) is 0 Å². The summed E-state index contributed by atoms with van der Waals surface area (Å²) < 4.78 is 0. The number of carbonyl (C=O) groups is 1. The van der Waals surface area contributed by atoms with Gasteiger partial charge in [-0.25, -0.2) is 4.98 Å². The molecule has 1 aliphatic rings. The largest absolute Gasteiger partial charge is 0.336 e. The zero-order valence-electron chi connectivity index (χ0n) is 14.1. The van der Waals surface area contributed by atoms with Gasteiger partial charge in [-0.3, -0.25) is 9.78 Å². The van der Waals surface area contributed by atoms with E-state index in [1.807, 2.05) is 18.0 Å². The Morgan fingerprint density at radius 2 is 2.12 bits per heavy atom. The highest BCUT2D eigenvalue weighted by molar-refractivity contribution is 5.92. The molecular formula is C19H24N4O. The van der Waals surface area contributed by atoms with Crippen LogP contribution in [0, 0.1) is 0 Å². The van der Waals surface area contributed by atoms with Crippen LogP contribution in [0.2, 0.25) is 0 Å². The molecule has 0 saturated carbocycles. The van der Waals surface area contributed by atoms with Crippen molar-refractivity contribution in [2.75, 3.05) is 26.7 Å². The molecule has 0 bridgehead atoms. The summed E-state index contributed by atoms with van der Waals surface area (Å²) in [4.78, 5) is 24.9. The molecule has 5 heteroatoms. The molecule has 2 heterocycles. The van der Waals surface area contributed by atoms with E-state index in [0.717, 1.165) is 38.9 Å². The summed E-state index contributed by atoms with van der Waals surface area (Å²) in [6, 6.07) is 10.8. The maximum absolute atomic E-state index is 12.5. The van der Waals surface area contributed by atoms with E-state index in [-0.39, 0.29) is 11.9 Å². The SMILES string of the molecule is CN(C(=O)c1cnccn1)C1CCCN(CCc2ccccc2)C1. The summed E-state index contributed by atoms with van der Waals surface area (Å²) in [5.41, 5.74) is 1.78. The number of rotatable bonds is 5. The zero-order chi connectivity index (χ0) is 16.8. The Hall–Kier alpha value is -2.27. The molecule has 1 fully saturated rings. The predicted octanol–water partition coefficient (Wildman–Crippen LogP) is 2.26. The van der Waals surface area contributed by atoms with Crippen LogP contribution in [0.3, 0.4) is 0 Å². The number of likely N-dealkylation sites (tertiary alicyclic amines) is 1. The first kappa shape index (κ1) is 16.6. The topological polar surface area (TPSA) is 49.3 Å². The van der Waals surface area contributed by atoms with Crippen LogP contribution in [-0.2, 0) is 6.42 Å². The second kappa shape index (κ2) is 8.02. The lowest BCUT2D eigenvalue weighted by Gasteiger charge is -2.37. The molecule has 24 heavy (non-hydrogen) atoms. The van der Waals surface area contributed by atoms with Gasteiger partial charge >= 0.3 is 0 Å². The highest BCUT2D eigenvalue weighted by Gasteiger charge is 2.27. The summed E-state index contributed by atoms with van der Waals surface area (Å²) in [6.07, 6.45) is 7.91. The quantitative estimate of drug-likeness (QED) is 0.846. The monoisotopic (exact) mass is 324 g/mol. The Kier molecular flexibility index (Phi) is 5.54. The van der Waals surface area contributed by atoms with E-state index in [1.165, 1.54) is 11.8 Å². The van der Waals surface area contributed by atoms with Crippen molar-refractivity contribution < 1.29 is 4.79 Å². The molecule has 0 radical (unpaired) electrons. The van der Waals surface area contributed by atoms with Crippen LogP contribution in [0.5, 0.6) is 0 Å². The van der Waals surface area contributed by atoms with Gasteiger partial charge in [-0.2, -0.15) is 0 Å². The van der Waals surface area contributed by atoms with Crippen molar-refractivity contribution in [2.45, 2.75) is 25.3 Å². The molecule has 2 aromatic rings. The van der Waals surface area contributed by atoms with Crippen molar-refractivity contribution >= 4 is 5.91 Å². The summed E-state index contributed by atoms with van der Waals surface area (Å²) in [5.74, 6) is -0.0435. The number of carbonyl (C=O) groups excluding carboxylic acids is 1. The second-order valence-corrected chi connectivity index (χ2v) is 6.34. The van der Waals surface area contributed by atoms with E-state index in [4.69, 9.17) is 0 Å². The molecule has 1 saturated heterocycles. The van der Waals surface area contributed by atoms with Gasteiger partial charge in [-0.1, -0.05) is 30.3 Å². The zero-order valence-corrected chi connectivity index (χ0v) is 14.1. The lowest BCUT2D eigenvalue weighted by atomic mass is 10.0. The fraction of sp³-hybridized carbons (Fsp3) is 0.421. The van der Waals surface area contributed by atoms with Crippen molar-refractivity contribution in [3.8, 4) is 0 Å².